The number of nitrogens with zero attached hydrogens (tertiary/aromatic N) is 2. The molecule has 0 aromatic carbocycles. The van der Waals surface area contributed by atoms with Gasteiger partial charge in [-0.25, -0.2) is 4.98 Å². The lowest BCUT2D eigenvalue weighted by molar-refractivity contribution is 0.837. The fourth-order valence-corrected chi connectivity index (χ4v) is 1.89. The normalized spacial score (nSPS) is 10.8. The van der Waals surface area contributed by atoms with Crippen LogP contribution in [0.5, 0.6) is 0 Å². The van der Waals surface area contributed by atoms with Gasteiger partial charge in [-0.15, -0.1) is 11.8 Å². The number of allylic oxidation sites excluding steroid dienone is 1. The van der Waals surface area contributed by atoms with Gasteiger partial charge in [0.25, 0.3) is 0 Å². The second-order valence-corrected chi connectivity index (χ2v) is 5.25. The maximum atomic E-state index is 5.76. The molecule has 1 heterocycles. The number of hydrogen-bond donors (Lipinski definition) is 1. The van der Waals surface area contributed by atoms with Gasteiger partial charge >= 0.3 is 0 Å². The monoisotopic (exact) mass is 275 g/mol. The number of anilines is 1. The van der Waals surface area contributed by atoms with E-state index in [1.54, 1.807) is 18.0 Å². The summed E-state index contributed by atoms with van der Waals surface area (Å²) in [5.41, 5.74) is 7.24. The second kappa shape index (κ2) is 8.49. The van der Waals surface area contributed by atoms with Gasteiger partial charge in [0.2, 0.25) is 0 Å². The van der Waals surface area contributed by atoms with Gasteiger partial charge in [0, 0.05) is 30.8 Å². The summed E-state index contributed by atoms with van der Waals surface area (Å²) in [7, 11) is 2.04. The predicted octanol–water partition coefficient (Wildman–Crippen LogP) is 2.83. The van der Waals surface area contributed by atoms with Crippen LogP contribution in [-0.4, -0.2) is 24.3 Å². The number of nitrogens with two attached hydrogens (primary N) is 1. The van der Waals surface area contributed by atoms with Crippen LogP contribution >= 0.6 is 11.8 Å². The zero-order valence-corrected chi connectivity index (χ0v) is 12.6. The van der Waals surface area contributed by atoms with Crippen molar-refractivity contribution in [2.45, 2.75) is 20.3 Å². The van der Waals surface area contributed by atoms with Crippen molar-refractivity contribution >= 4 is 17.6 Å². The van der Waals surface area contributed by atoms with E-state index in [4.69, 9.17) is 5.73 Å². The molecule has 0 fully saturated rings. The average Bonchev–Trinajstić information content (AvgIpc) is 2.43. The molecule has 0 bridgehead atoms. The van der Waals surface area contributed by atoms with Gasteiger partial charge < -0.3 is 10.6 Å². The first-order valence-corrected chi connectivity index (χ1v) is 7.48. The van der Waals surface area contributed by atoms with Crippen LogP contribution in [0.25, 0.3) is 0 Å². The highest BCUT2D eigenvalue weighted by molar-refractivity contribution is 8.02. The van der Waals surface area contributed by atoms with E-state index in [-0.39, 0.29) is 0 Å². The SMILES string of the molecule is CCCN(C)c1ccc(C#C/C(N)=C/SCC)cn1. The average molecular weight is 275 g/mol. The molecule has 0 aliphatic carbocycles. The Labute approximate surface area is 120 Å². The number of pyridine rings is 1. The van der Waals surface area contributed by atoms with Gasteiger partial charge in [-0.05, 0) is 30.2 Å². The van der Waals surface area contributed by atoms with E-state index in [2.05, 4.69) is 35.6 Å². The van der Waals surface area contributed by atoms with Gasteiger partial charge in [-0.2, -0.15) is 0 Å². The highest BCUT2D eigenvalue weighted by Crippen LogP contribution is 2.09. The molecule has 1 aromatic heterocycles. The highest BCUT2D eigenvalue weighted by Gasteiger charge is 1.99. The Balaban J connectivity index is 2.69. The lowest BCUT2D eigenvalue weighted by atomic mass is 10.2. The third-order valence-electron chi connectivity index (χ3n) is 2.43. The Hall–Kier alpha value is -1.60. The Morgan fingerprint density at radius 2 is 2.26 bits per heavy atom. The molecule has 0 radical (unpaired) electrons. The van der Waals surface area contributed by atoms with Gasteiger partial charge in [-0.3, -0.25) is 0 Å². The molecule has 0 unspecified atom stereocenters. The molecule has 0 amide bonds. The van der Waals surface area contributed by atoms with E-state index in [0.717, 1.165) is 30.1 Å². The summed E-state index contributed by atoms with van der Waals surface area (Å²) in [6.45, 7) is 5.24. The van der Waals surface area contributed by atoms with Gasteiger partial charge in [0.1, 0.15) is 5.82 Å². The maximum Gasteiger partial charge on any atom is 0.128 e. The second-order valence-electron chi connectivity index (χ2n) is 4.11. The Bertz CT molecular complexity index is 468. The molecule has 2 N–H and O–H groups in total. The molecule has 0 aliphatic heterocycles. The summed E-state index contributed by atoms with van der Waals surface area (Å²) in [5, 5.41) is 1.88. The van der Waals surface area contributed by atoms with Crippen LogP contribution in [-0.2, 0) is 0 Å². The Morgan fingerprint density at radius 1 is 1.47 bits per heavy atom. The molecule has 4 heteroatoms. The molecule has 0 saturated heterocycles. The summed E-state index contributed by atoms with van der Waals surface area (Å²) in [5.74, 6) is 7.91. The zero-order chi connectivity index (χ0) is 14.1. The topological polar surface area (TPSA) is 42.1 Å². The van der Waals surface area contributed by atoms with Crippen molar-refractivity contribution in [1.29, 1.82) is 0 Å². The lowest BCUT2D eigenvalue weighted by Crippen LogP contribution is -2.18. The molecule has 19 heavy (non-hydrogen) atoms. The summed E-state index contributed by atoms with van der Waals surface area (Å²) in [6.07, 6.45) is 2.89. The van der Waals surface area contributed by atoms with Crippen LogP contribution in [0.4, 0.5) is 5.82 Å². The Morgan fingerprint density at radius 3 is 2.84 bits per heavy atom. The van der Waals surface area contributed by atoms with Gasteiger partial charge in [0.05, 0.1) is 5.70 Å². The van der Waals surface area contributed by atoms with Gasteiger partial charge in [-0.1, -0.05) is 19.8 Å². The zero-order valence-electron chi connectivity index (χ0n) is 11.8. The van der Waals surface area contributed by atoms with Crippen LogP contribution in [0, 0.1) is 11.8 Å². The molecule has 0 saturated carbocycles. The number of aromatic nitrogens is 1. The summed E-state index contributed by atoms with van der Waals surface area (Å²) < 4.78 is 0. The minimum Gasteiger partial charge on any atom is -0.391 e. The standard InChI is InChI=1S/C15H21N3S/c1-4-10-18(3)15-9-7-13(11-17-15)6-8-14(16)12-19-5-2/h7,9,11-12H,4-5,10,16H2,1-3H3/b14-12-. The summed E-state index contributed by atoms with van der Waals surface area (Å²) in [4.78, 5) is 6.52. The molecule has 3 nitrogen and oxygen atoms in total. The van der Waals surface area contributed by atoms with E-state index in [1.807, 2.05) is 24.6 Å². The van der Waals surface area contributed by atoms with E-state index in [9.17, 15) is 0 Å². The van der Waals surface area contributed by atoms with E-state index < -0.39 is 0 Å². The number of thioether (sulfide) groups is 1. The van der Waals surface area contributed by atoms with Crippen molar-refractivity contribution < 1.29 is 0 Å². The molecule has 0 spiro atoms. The predicted molar refractivity (Wildman–Crippen MR) is 85.1 cm³/mol. The quantitative estimate of drug-likeness (QED) is 0.839. The van der Waals surface area contributed by atoms with Crippen LogP contribution < -0.4 is 10.6 Å². The fraction of sp³-hybridized carbons (Fsp3) is 0.400. The number of hydrogen-bond acceptors (Lipinski definition) is 4. The molecular formula is C15H21N3S. The maximum absolute atomic E-state index is 5.76. The first kappa shape index (κ1) is 15.5. The van der Waals surface area contributed by atoms with Crippen molar-refractivity contribution in [2.24, 2.45) is 5.73 Å². The van der Waals surface area contributed by atoms with Crippen LogP contribution in [0.1, 0.15) is 25.8 Å². The molecule has 1 rings (SSSR count). The van der Waals surface area contributed by atoms with Crippen molar-refractivity contribution in [3.8, 4) is 11.8 Å². The highest BCUT2D eigenvalue weighted by atomic mass is 32.2. The first-order valence-electron chi connectivity index (χ1n) is 6.43. The lowest BCUT2D eigenvalue weighted by Gasteiger charge is -2.16. The van der Waals surface area contributed by atoms with Crippen molar-refractivity contribution in [3.63, 3.8) is 0 Å². The molecule has 102 valence electrons. The summed E-state index contributed by atoms with van der Waals surface area (Å²) in [6, 6.07) is 3.96. The smallest absolute Gasteiger partial charge is 0.128 e. The molecular weight excluding hydrogens is 254 g/mol. The fourth-order valence-electron chi connectivity index (χ4n) is 1.48. The van der Waals surface area contributed by atoms with E-state index in [0.29, 0.717) is 5.70 Å². The van der Waals surface area contributed by atoms with Gasteiger partial charge in [0.15, 0.2) is 0 Å². The third-order valence-corrected chi connectivity index (χ3v) is 3.18. The van der Waals surface area contributed by atoms with E-state index in [1.165, 1.54) is 0 Å². The van der Waals surface area contributed by atoms with E-state index >= 15 is 0 Å². The van der Waals surface area contributed by atoms with Crippen LogP contribution in [0.2, 0.25) is 0 Å². The van der Waals surface area contributed by atoms with Crippen molar-refractivity contribution in [1.82, 2.24) is 4.98 Å². The minimum absolute atomic E-state index is 0.596. The minimum atomic E-state index is 0.596. The first-order chi connectivity index (χ1) is 9.17. The summed E-state index contributed by atoms with van der Waals surface area (Å²) >= 11 is 1.65. The number of rotatable bonds is 5. The molecule has 1 aromatic rings. The molecule has 0 atom stereocenters. The van der Waals surface area contributed by atoms with Crippen LogP contribution in [0.3, 0.4) is 0 Å². The van der Waals surface area contributed by atoms with Crippen LogP contribution in [0.15, 0.2) is 29.4 Å². The molecule has 0 aliphatic rings. The largest absolute Gasteiger partial charge is 0.391 e. The third kappa shape index (κ3) is 5.71. The van der Waals surface area contributed by atoms with Crippen molar-refractivity contribution in [3.05, 3.63) is 35.0 Å². The Kier molecular flexibility index (Phi) is 6.91. The van der Waals surface area contributed by atoms with Crippen molar-refractivity contribution in [2.75, 3.05) is 24.2 Å².